The number of rotatable bonds is 2. The maximum absolute atomic E-state index is 12.2. The van der Waals surface area contributed by atoms with E-state index in [1.54, 1.807) is 43.6 Å². The van der Waals surface area contributed by atoms with E-state index in [1.165, 1.54) is 3.97 Å². The maximum atomic E-state index is 12.2. The highest BCUT2D eigenvalue weighted by atomic mass is 32.2. The topological polar surface area (TPSA) is 39.1 Å². The highest BCUT2D eigenvalue weighted by molar-refractivity contribution is 7.91. The van der Waals surface area contributed by atoms with Gasteiger partial charge in [-0.2, -0.15) is 0 Å². The second-order valence-corrected chi connectivity index (χ2v) is 6.13. The molecule has 1 aromatic rings. The van der Waals surface area contributed by atoms with Crippen LogP contribution in [-0.2, 0) is 10.0 Å². The van der Waals surface area contributed by atoms with Crippen LogP contribution < -0.4 is 0 Å². The molecule has 0 N–H and O–H groups in total. The molecule has 0 spiro atoms. The molecule has 0 radical (unpaired) electrons. The van der Waals surface area contributed by atoms with Crippen molar-refractivity contribution < 1.29 is 8.42 Å². The van der Waals surface area contributed by atoms with Crippen molar-refractivity contribution in [1.82, 2.24) is 3.97 Å². The molecule has 0 aliphatic heterocycles. The third kappa shape index (κ3) is 1.55. The Balaban J connectivity index is 2.47. The Hall–Kier alpha value is -1.29. The van der Waals surface area contributed by atoms with Gasteiger partial charge < -0.3 is 0 Å². The highest BCUT2D eigenvalue weighted by Gasteiger charge is 2.37. The molecular weight excluding hydrogens is 210 g/mol. The Morgan fingerprint density at radius 3 is 2.40 bits per heavy atom. The van der Waals surface area contributed by atoms with Gasteiger partial charge in [0.25, 0.3) is 0 Å². The summed E-state index contributed by atoms with van der Waals surface area (Å²) < 4.78 is 24.9. The predicted molar refractivity (Wildman–Crippen MR) is 60.1 cm³/mol. The molecule has 0 amide bonds. The smallest absolute Gasteiger partial charge is 0.247 e. The van der Waals surface area contributed by atoms with E-state index in [1.807, 2.05) is 12.2 Å². The molecule has 3 nitrogen and oxygen atoms in total. The van der Waals surface area contributed by atoms with Crippen molar-refractivity contribution in [3.05, 3.63) is 48.8 Å². The summed E-state index contributed by atoms with van der Waals surface area (Å²) in [4.78, 5) is 0. The van der Waals surface area contributed by atoms with Crippen LogP contribution in [0.25, 0.3) is 0 Å². The fourth-order valence-corrected chi connectivity index (χ4v) is 3.12. The van der Waals surface area contributed by atoms with Crippen LogP contribution >= 0.6 is 0 Å². The SMILES string of the molecule is CC1(S(=O)(=O)n2cccc2)C=CC=CC1. The second kappa shape index (κ2) is 3.38. The van der Waals surface area contributed by atoms with E-state index in [4.69, 9.17) is 0 Å². The van der Waals surface area contributed by atoms with Crippen LogP contribution in [0.2, 0.25) is 0 Å². The van der Waals surface area contributed by atoms with E-state index in [2.05, 4.69) is 0 Å². The number of hydrogen-bond acceptors (Lipinski definition) is 2. The lowest BCUT2D eigenvalue weighted by Crippen LogP contribution is -2.37. The van der Waals surface area contributed by atoms with Gasteiger partial charge in [0.05, 0.1) is 0 Å². The fourth-order valence-electron chi connectivity index (χ4n) is 1.62. The maximum Gasteiger partial charge on any atom is 0.247 e. The molecule has 1 unspecified atom stereocenters. The third-order valence-electron chi connectivity index (χ3n) is 2.66. The molecule has 1 atom stereocenters. The van der Waals surface area contributed by atoms with Crippen LogP contribution in [-0.4, -0.2) is 17.1 Å². The molecule has 0 saturated carbocycles. The summed E-state index contributed by atoms with van der Waals surface area (Å²) in [6.45, 7) is 1.74. The Bertz CT molecular complexity index is 497. The molecule has 1 aromatic heterocycles. The Morgan fingerprint density at radius 2 is 1.87 bits per heavy atom. The van der Waals surface area contributed by atoms with Crippen molar-refractivity contribution in [3.8, 4) is 0 Å². The molecule has 0 saturated heterocycles. The summed E-state index contributed by atoms with van der Waals surface area (Å²) in [5.41, 5.74) is 0. The van der Waals surface area contributed by atoms with E-state index in [0.717, 1.165) is 0 Å². The Kier molecular flexibility index (Phi) is 2.31. The molecule has 2 rings (SSSR count). The van der Waals surface area contributed by atoms with Gasteiger partial charge in [-0.3, -0.25) is 3.97 Å². The van der Waals surface area contributed by atoms with Crippen molar-refractivity contribution >= 4 is 10.0 Å². The summed E-state index contributed by atoms with van der Waals surface area (Å²) in [6.07, 6.45) is 10.9. The van der Waals surface area contributed by atoms with Gasteiger partial charge in [0.15, 0.2) is 0 Å². The molecule has 0 bridgehead atoms. The van der Waals surface area contributed by atoms with Crippen molar-refractivity contribution in [2.75, 3.05) is 0 Å². The average Bonchev–Trinajstić information content (AvgIpc) is 2.72. The first-order valence-electron chi connectivity index (χ1n) is 4.79. The van der Waals surface area contributed by atoms with Gasteiger partial charge in [0.1, 0.15) is 4.75 Å². The van der Waals surface area contributed by atoms with Crippen LogP contribution in [0.15, 0.2) is 48.8 Å². The minimum atomic E-state index is -3.34. The average molecular weight is 223 g/mol. The van der Waals surface area contributed by atoms with Gasteiger partial charge >= 0.3 is 0 Å². The zero-order chi connectivity index (χ0) is 10.9. The highest BCUT2D eigenvalue weighted by Crippen LogP contribution is 2.28. The van der Waals surface area contributed by atoms with Crippen molar-refractivity contribution in [3.63, 3.8) is 0 Å². The van der Waals surface area contributed by atoms with Gasteiger partial charge in [-0.1, -0.05) is 24.3 Å². The number of hydrogen-bond donors (Lipinski definition) is 0. The lowest BCUT2D eigenvalue weighted by Gasteiger charge is -2.26. The second-order valence-electron chi connectivity index (χ2n) is 3.82. The van der Waals surface area contributed by atoms with E-state index in [9.17, 15) is 8.42 Å². The third-order valence-corrected chi connectivity index (χ3v) is 4.94. The lowest BCUT2D eigenvalue weighted by atomic mass is 10.0. The normalized spacial score (nSPS) is 25.7. The summed E-state index contributed by atoms with van der Waals surface area (Å²) in [7, 11) is -3.34. The molecule has 1 heterocycles. The zero-order valence-corrected chi connectivity index (χ0v) is 9.31. The molecule has 4 heteroatoms. The molecule has 0 aromatic carbocycles. The summed E-state index contributed by atoms with van der Waals surface area (Å²) >= 11 is 0. The zero-order valence-electron chi connectivity index (χ0n) is 8.50. The van der Waals surface area contributed by atoms with Crippen LogP contribution in [0.1, 0.15) is 13.3 Å². The van der Waals surface area contributed by atoms with Gasteiger partial charge in [0.2, 0.25) is 10.0 Å². The van der Waals surface area contributed by atoms with E-state index >= 15 is 0 Å². The monoisotopic (exact) mass is 223 g/mol. The first-order valence-corrected chi connectivity index (χ1v) is 6.23. The first kappa shape index (κ1) is 10.2. The minimum Gasteiger partial charge on any atom is -0.252 e. The molecular formula is C11H13NO2S. The number of nitrogens with zero attached hydrogens (tertiary/aromatic N) is 1. The molecule has 1 aliphatic carbocycles. The van der Waals surface area contributed by atoms with Crippen molar-refractivity contribution in [2.45, 2.75) is 18.1 Å². The van der Waals surface area contributed by atoms with E-state index in [0.29, 0.717) is 6.42 Å². The standard InChI is InChI=1S/C11H13NO2S/c1-11(7-3-2-4-8-11)15(13,14)12-9-5-6-10-12/h2-7,9-10H,8H2,1H3. The number of aromatic nitrogens is 1. The Morgan fingerprint density at radius 1 is 1.20 bits per heavy atom. The Labute approximate surface area is 89.8 Å². The summed E-state index contributed by atoms with van der Waals surface area (Å²) in [5, 5.41) is 0. The van der Waals surface area contributed by atoms with Gasteiger partial charge in [0, 0.05) is 12.4 Å². The number of allylic oxidation sites excluding steroid dienone is 3. The molecule has 15 heavy (non-hydrogen) atoms. The molecule has 80 valence electrons. The van der Waals surface area contributed by atoms with E-state index in [-0.39, 0.29) is 0 Å². The summed E-state index contributed by atoms with van der Waals surface area (Å²) in [6, 6.07) is 3.42. The van der Waals surface area contributed by atoms with Crippen molar-refractivity contribution in [2.24, 2.45) is 0 Å². The van der Waals surface area contributed by atoms with Gasteiger partial charge in [-0.15, -0.1) is 0 Å². The predicted octanol–water partition coefficient (Wildman–Crippen LogP) is 1.94. The largest absolute Gasteiger partial charge is 0.252 e. The van der Waals surface area contributed by atoms with Crippen LogP contribution in [0.3, 0.4) is 0 Å². The van der Waals surface area contributed by atoms with Gasteiger partial charge in [-0.25, -0.2) is 8.42 Å². The molecule has 0 fully saturated rings. The summed E-state index contributed by atoms with van der Waals surface area (Å²) in [5.74, 6) is 0. The quantitative estimate of drug-likeness (QED) is 0.768. The molecule has 1 aliphatic rings. The van der Waals surface area contributed by atoms with Gasteiger partial charge in [-0.05, 0) is 25.5 Å². The minimum absolute atomic E-state index is 0.518. The fraction of sp³-hybridized carbons (Fsp3) is 0.273. The first-order chi connectivity index (χ1) is 7.06. The van der Waals surface area contributed by atoms with Crippen LogP contribution in [0, 0.1) is 0 Å². The van der Waals surface area contributed by atoms with Crippen LogP contribution in [0.4, 0.5) is 0 Å². The van der Waals surface area contributed by atoms with E-state index < -0.39 is 14.8 Å². The lowest BCUT2D eigenvalue weighted by molar-refractivity contribution is 0.553. The van der Waals surface area contributed by atoms with Crippen LogP contribution in [0.5, 0.6) is 0 Å². The van der Waals surface area contributed by atoms with Crippen molar-refractivity contribution in [1.29, 1.82) is 0 Å².